The van der Waals surface area contributed by atoms with Gasteiger partial charge < -0.3 is 15.3 Å². The summed E-state index contributed by atoms with van der Waals surface area (Å²) >= 11 is 0. The number of likely N-dealkylation sites (tertiary alicyclic amines) is 1. The number of hydrogen-bond donors (Lipinski definition) is 2. The van der Waals surface area contributed by atoms with Gasteiger partial charge in [0.2, 0.25) is 5.91 Å². The van der Waals surface area contributed by atoms with Crippen molar-refractivity contribution >= 4 is 18.3 Å². The minimum Gasteiger partial charge on any atom is -0.508 e. The Bertz CT molecular complexity index is 630. The highest BCUT2D eigenvalue weighted by molar-refractivity contribution is 5.85. The molecule has 3 fully saturated rings. The number of phenolic OH excluding ortho intramolecular Hbond substituents is 1. The number of fused-ring (bicyclic) bond motifs is 2. The fourth-order valence-electron chi connectivity index (χ4n) is 5.29. The van der Waals surface area contributed by atoms with Crippen LogP contribution in [0, 0.1) is 5.41 Å². The third-order valence-corrected chi connectivity index (χ3v) is 6.70. The summed E-state index contributed by atoms with van der Waals surface area (Å²) in [7, 11) is 0. The summed E-state index contributed by atoms with van der Waals surface area (Å²) in [5.41, 5.74) is 1.05. The zero-order valence-corrected chi connectivity index (χ0v) is 15.7. The molecule has 3 atom stereocenters. The summed E-state index contributed by atoms with van der Waals surface area (Å²) in [6.45, 7) is 3.87. The Labute approximate surface area is 156 Å². The molecule has 4 rings (SSSR count). The van der Waals surface area contributed by atoms with Crippen LogP contribution in [0.4, 0.5) is 0 Å². The number of carbonyl (C=O) groups excluding carboxylic acids is 1. The third-order valence-electron chi connectivity index (χ3n) is 6.70. The fraction of sp³-hybridized carbons (Fsp3) is 0.650. The van der Waals surface area contributed by atoms with Crippen LogP contribution in [0.15, 0.2) is 24.3 Å². The molecule has 0 aliphatic carbocycles. The SMILES string of the molecule is CC[C@@]1(C(=O)N2CCC(c3cccc(O)c3)CC2)C[C@@H]2CC[C@H]1N2.Cl. The maximum atomic E-state index is 13.3. The summed E-state index contributed by atoms with van der Waals surface area (Å²) in [5, 5.41) is 13.3. The first-order chi connectivity index (χ1) is 11.6. The molecule has 1 aromatic carbocycles. The van der Waals surface area contributed by atoms with Crippen molar-refractivity contribution in [3.63, 3.8) is 0 Å². The van der Waals surface area contributed by atoms with Crippen molar-refractivity contribution in [3.05, 3.63) is 29.8 Å². The van der Waals surface area contributed by atoms with Gasteiger partial charge in [-0.3, -0.25) is 4.79 Å². The zero-order valence-electron chi connectivity index (χ0n) is 14.9. The predicted molar refractivity (Wildman–Crippen MR) is 101 cm³/mol. The zero-order chi connectivity index (χ0) is 16.7. The Morgan fingerprint density at radius 3 is 2.60 bits per heavy atom. The van der Waals surface area contributed by atoms with Gasteiger partial charge in [0.15, 0.2) is 0 Å². The van der Waals surface area contributed by atoms with Gasteiger partial charge in [-0.2, -0.15) is 0 Å². The number of piperidine rings is 1. The molecule has 0 unspecified atom stereocenters. The van der Waals surface area contributed by atoms with Gasteiger partial charge in [-0.15, -0.1) is 12.4 Å². The molecule has 5 heteroatoms. The van der Waals surface area contributed by atoms with Crippen molar-refractivity contribution in [2.45, 2.75) is 63.5 Å². The van der Waals surface area contributed by atoms with Gasteiger partial charge in [0.25, 0.3) is 0 Å². The van der Waals surface area contributed by atoms with Crippen molar-refractivity contribution in [1.82, 2.24) is 10.2 Å². The lowest BCUT2D eigenvalue weighted by Crippen LogP contribution is -2.51. The maximum absolute atomic E-state index is 13.3. The molecular formula is C20H29ClN2O2. The molecule has 0 saturated carbocycles. The highest BCUT2D eigenvalue weighted by Gasteiger charge is 2.55. The minimum atomic E-state index is -0.152. The van der Waals surface area contributed by atoms with Gasteiger partial charge in [-0.05, 0) is 62.1 Å². The standard InChI is InChI=1S/C20H28N2O2.ClH/c1-2-20(13-16-6-7-18(20)21-16)19(24)22-10-8-14(9-11-22)15-4-3-5-17(23)12-15;/h3-5,12,14,16,18,21,23H,2,6-11,13H2,1H3;1H/t16-,18+,20+;/m0./s1. The number of phenols is 1. The van der Waals surface area contributed by atoms with Crippen molar-refractivity contribution in [2.75, 3.05) is 13.1 Å². The van der Waals surface area contributed by atoms with Gasteiger partial charge in [0.1, 0.15) is 5.75 Å². The van der Waals surface area contributed by atoms with Gasteiger partial charge in [0.05, 0.1) is 5.41 Å². The lowest BCUT2D eigenvalue weighted by molar-refractivity contribution is -0.145. The van der Waals surface area contributed by atoms with E-state index in [1.54, 1.807) is 6.07 Å². The molecule has 1 amide bonds. The highest BCUT2D eigenvalue weighted by Crippen LogP contribution is 2.47. The number of amides is 1. The van der Waals surface area contributed by atoms with E-state index in [1.165, 1.54) is 12.0 Å². The van der Waals surface area contributed by atoms with E-state index in [9.17, 15) is 9.90 Å². The molecule has 2 bridgehead atoms. The van der Waals surface area contributed by atoms with Crippen LogP contribution < -0.4 is 5.32 Å². The molecule has 3 saturated heterocycles. The van der Waals surface area contributed by atoms with E-state index in [-0.39, 0.29) is 17.8 Å². The number of carbonyl (C=O) groups is 1. The van der Waals surface area contributed by atoms with Gasteiger partial charge in [-0.1, -0.05) is 19.1 Å². The first-order valence-electron chi connectivity index (χ1n) is 9.47. The van der Waals surface area contributed by atoms with Gasteiger partial charge >= 0.3 is 0 Å². The average Bonchev–Trinajstić information content (AvgIpc) is 3.23. The van der Waals surface area contributed by atoms with Crippen molar-refractivity contribution < 1.29 is 9.90 Å². The Hall–Kier alpha value is -1.26. The topological polar surface area (TPSA) is 52.6 Å². The van der Waals surface area contributed by atoms with Gasteiger partial charge in [0, 0.05) is 25.2 Å². The molecule has 3 heterocycles. The fourth-order valence-corrected chi connectivity index (χ4v) is 5.29. The number of nitrogens with one attached hydrogen (secondary N) is 1. The molecule has 3 aliphatic rings. The van der Waals surface area contributed by atoms with E-state index in [2.05, 4.69) is 23.2 Å². The third kappa shape index (κ3) is 3.15. The molecule has 25 heavy (non-hydrogen) atoms. The van der Waals surface area contributed by atoms with Crippen LogP contribution in [0.25, 0.3) is 0 Å². The minimum absolute atomic E-state index is 0. The molecular weight excluding hydrogens is 336 g/mol. The smallest absolute Gasteiger partial charge is 0.230 e. The van der Waals surface area contributed by atoms with E-state index >= 15 is 0 Å². The summed E-state index contributed by atoms with van der Waals surface area (Å²) in [6.07, 6.45) is 6.36. The molecule has 3 aliphatic heterocycles. The Balaban J connectivity index is 0.00000182. The van der Waals surface area contributed by atoms with Crippen LogP contribution >= 0.6 is 12.4 Å². The number of benzene rings is 1. The monoisotopic (exact) mass is 364 g/mol. The van der Waals surface area contributed by atoms with Crippen LogP contribution in [0.1, 0.15) is 56.9 Å². The first kappa shape index (κ1) is 18.5. The highest BCUT2D eigenvalue weighted by atomic mass is 35.5. The summed E-state index contributed by atoms with van der Waals surface area (Å²) in [6, 6.07) is 8.54. The van der Waals surface area contributed by atoms with E-state index in [0.29, 0.717) is 29.7 Å². The molecule has 0 radical (unpaired) electrons. The van der Waals surface area contributed by atoms with Crippen LogP contribution in [-0.2, 0) is 4.79 Å². The molecule has 138 valence electrons. The molecule has 2 N–H and O–H groups in total. The number of nitrogens with zero attached hydrogens (tertiary/aromatic N) is 1. The normalized spacial score (nSPS) is 31.8. The lowest BCUT2D eigenvalue weighted by Gasteiger charge is -2.41. The number of aromatic hydroxyl groups is 1. The van der Waals surface area contributed by atoms with E-state index in [1.807, 2.05) is 12.1 Å². The van der Waals surface area contributed by atoms with Crippen molar-refractivity contribution in [1.29, 1.82) is 0 Å². The van der Waals surface area contributed by atoms with E-state index < -0.39 is 0 Å². The number of hydrogen-bond acceptors (Lipinski definition) is 3. The number of rotatable bonds is 3. The summed E-state index contributed by atoms with van der Waals surface area (Å²) in [4.78, 5) is 15.4. The van der Waals surface area contributed by atoms with Gasteiger partial charge in [-0.25, -0.2) is 0 Å². The van der Waals surface area contributed by atoms with Crippen molar-refractivity contribution in [3.8, 4) is 5.75 Å². The molecule has 0 spiro atoms. The summed E-state index contributed by atoms with van der Waals surface area (Å²) in [5.74, 6) is 1.18. The second-order valence-electron chi connectivity index (χ2n) is 7.87. The van der Waals surface area contributed by atoms with Crippen LogP contribution in [0.5, 0.6) is 5.75 Å². The Morgan fingerprint density at radius 1 is 1.28 bits per heavy atom. The van der Waals surface area contributed by atoms with E-state index in [4.69, 9.17) is 0 Å². The second-order valence-corrected chi connectivity index (χ2v) is 7.87. The first-order valence-corrected chi connectivity index (χ1v) is 9.47. The average molecular weight is 365 g/mol. The molecule has 1 aromatic rings. The predicted octanol–water partition coefficient (Wildman–Crippen LogP) is 3.44. The Kier molecular flexibility index (Phi) is 5.31. The van der Waals surface area contributed by atoms with Crippen LogP contribution in [0.3, 0.4) is 0 Å². The molecule has 4 nitrogen and oxygen atoms in total. The summed E-state index contributed by atoms with van der Waals surface area (Å²) < 4.78 is 0. The quantitative estimate of drug-likeness (QED) is 0.863. The van der Waals surface area contributed by atoms with E-state index in [0.717, 1.165) is 45.2 Å². The largest absolute Gasteiger partial charge is 0.508 e. The lowest BCUT2D eigenvalue weighted by atomic mass is 9.70. The van der Waals surface area contributed by atoms with Crippen molar-refractivity contribution in [2.24, 2.45) is 5.41 Å². The van der Waals surface area contributed by atoms with Crippen LogP contribution in [0.2, 0.25) is 0 Å². The van der Waals surface area contributed by atoms with Crippen LogP contribution in [-0.4, -0.2) is 41.1 Å². The second kappa shape index (κ2) is 7.16. The Morgan fingerprint density at radius 2 is 2.04 bits per heavy atom. The molecule has 0 aromatic heterocycles. The maximum Gasteiger partial charge on any atom is 0.230 e. The number of halogens is 1.